The summed E-state index contributed by atoms with van der Waals surface area (Å²) in [5.74, 6) is -0.761. The van der Waals surface area contributed by atoms with E-state index in [1.54, 1.807) is 36.4 Å². The second-order valence-corrected chi connectivity index (χ2v) is 10.2. The predicted octanol–water partition coefficient (Wildman–Crippen LogP) is 6.32. The quantitative estimate of drug-likeness (QED) is 0.0729. The molecule has 0 atom stereocenters. The molecule has 1 aliphatic heterocycles. The summed E-state index contributed by atoms with van der Waals surface area (Å²) in [7, 11) is 1.41. The third-order valence-corrected chi connectivity index (χ3v) is 7.14. The normalized spacial score (nSPS) is 14.2. The van der Waals surface area contributed by atoms with Crippen molar-refractivity contribution >= 4 is 74.8 Å². The van der Waals surface area contributed by atoms with Crippen LogP contribution in [-0.2, 0) is 11.3 Å². The van der Waals surface area contributed by atoms with Gasteiger partial charge in [-0.1, -0.05) is 35.9 Å². The molecule has 1 heterocycles. The van der Waals surface area contributed by atoms with E-state index in [9.17, 15) is 24.5 Å². The number of hydrogen-bond donors (Lipinski definition) is 0. The number of hydrogen-bond acceptors (Lipinski definition) is 8. The number of carbonyl (C=O) groups is 3. The van der Waals surface area contributed by atoms with Gasteiger partial charge < -0.3 is 9.47 Å². The number of halogens is 2. The lowest BCUT2D eigenvalue weighted by Crippen LogP contribution is -2.27. The highest BCUT2D eigenvalue weighted by molar-refractivity contribution is 14.1. The van der Waals surface area contributed by atoms with Crippen LogP contribution in [0, 0.1) is 13.7 Å². The van der Waals surface area contributed by atoms with Crippen molar-refractivity contribution in [3.63, 3.8) is 0 Å². The lowest BCUT2D eigenvalue weighted by molar-refractivity contribution is -0.385. The molecule has 9 nitrogen and oxygen atoms in total. The van der Waals surface area contributed by atoms with Gasteiger partial charge in [-0.25, -0.2) is 4.79 Å². The number of ether oxygens (including phenoxy) is 2. The summed E-state index contributed by atoms with van der Waals surface area (Å²) >= 11 is 8.66. The molecule has 3 aromatic rings. The van der Waals surface area contributed by atoms with Crippen LogP contribution in [0.2, 0.25) is 5.02 Å². The minimum absolute atomic E-state index is 0.144. The minimum Gasteiger partial charge on any atom is -0.493 e. The maximum atomic E-state index is 13.0. The number of para-hydroxylation sites is 1. The Bertz CT molecular complexity index is 1480. The number of benzene rings is 3. The molecule has 3 aromatic carbocycles. The Kier molecular flexibility index (Phi) is 8.15. The van der Waals surface area contributed by atoms with E-state index in [2.05, 4.69) is 0 Å². The summed E-state index contributed by atoms with van der Waals surface area (Å²) in [6, 6.07) is 15.5. The zero-order valence-corrected chi connectivity index (χ0v) is 22.7. The summed E-state index contributed by atoms with van der Waals surface area (Å²) in [5.41, 5.74) is 0.868. The highest BCUT2D eigenvalue weighted by Crippen LogP contribution is 2.38. The first-order valence-corrected chi connectivity index (χ1v) is 12.8. The first kappa shape index (κ1) is 26.6. The first-order chi connectivity index (χ1) is 17.7. The molecule has 0 N–H and O–H groups in total. The van der Waals surface area contributed by atoms with Crippen molar-refractivity contribution in [1.29, 1.82) is 0 Å². The zero-order valence-electron chi connectivity index (χ0n) is 19.0. The fraction of sp³-hybridized carbons (Fsp3) is 0.0800. The van der Waals surface area contributed by atoms with Gasteiger partial charge in [0.2, 0.25) is 0 Å². The standard InChI is InChI=1S/C25H16ClIN2O7S/c1-35-20-10-14(9-18(27)22(20)36-24(31)15-6-4-7-17(26)12-15)11-21-23(30)28(25(32)37-21)13-16-5-2-3-8-19(16)29(33)34/h2-12H,13H2,1H3/b21-11-. The molecule has 37 heavy (non-hydrogen) atoms. The number of methoxy groups -OCH3 is 1. The van der Waals surface area contributed by atoms with E-state index in [0.29, 0.717) is 14.2 Å². The molecular formula is C25H16ClIN2O7S. The van der Waals surface area contributed by atoms with E-state index < -0.39 is 22.0 Å². The minimum atomic E-state index is -0.623. The summed E-state index contributed by atoms with van der Waals surface area (Å²) in [4.78, 5) is 50.0. The van der Waals surface area contributed by atoms with Crippen LogP contribution in [0.1, 0.15) is 21.5 Å². The van der Waals surface area contributed by atoms with Crippen molar-refractivity contribution in [2.24, 2.45) is 0 Å². The third kappa shape index (κ3) is 5.95. The maximum absolute atomic E-state index is 13.0. The Labute approximate surface area is 233 Å². The average molecular weight is 651 g/mol. The van der Waals surface area contributed by atoms with E-state index in [1.165, 1.54) is 37.5 Å². The van der Waals surface area contributed by atoms with Gasteiger partial charge in [-0.3, -0.25) is 24.6 Å². The number of esters is 1. The molecule has 0 radical (unpaired) electrons. The van der Waals surface area contributed by atoms with E-state index in [0.717, 1.165) is 16.7 Å². The predicted molar refractivity (Wildman–Crippen MR) is 147 cm³/mol. The lowest BCUT2D eigenvalue weighted by Gasteiger charge is -2.13. The van der Waals surface area contributed by atoms with Gasteiger partial charge in [0.25, 0.3) is 16.8 Å². The Hall–Kier alpha value is -3.42. The molecule has 0 bridgehead atoms. The molecule has 1 saturated heterocycles. The fourth-order valence-corrected chi connectivity index (χ4v) is 5.23. The Morgan fingerprint density at radius 1 is 1.16 bits per heavy atom. The van der Waals surface area contributed by atoms with E-state index in [4.69, 9.17) is 21.1 Å². The summed E-state index contributed by atoms with van der Waals surface area (Å²) in [6.45, 7) is -0.224. The number of nitro groups is 1. The molecule has 1 aliphatic rings. The molecule has 0 unspecified atom stereocenters. The Balaban J connectivity index is 1.58. The maximum Gasteiger partial charge on any atom is 0.343 e. The fourth-order valence-electron chi connectivity index (χ4n) is 3.47. The van der Waals surface area contributed by atoms with Crippen molar-refractivity contribution in [2.45, 2.75) is 6.54 Å². The van der Waals surface area contributed by atoms with Crippen molar-refractivity contribution < 1.29 is 28.8 Å². The largest absolute Gasteiger partial charge is 0.493 e. The molecule has 1 fully saturated rings. The molecule has 0 aliphatic carbocycles. The van der Waals surface area contributed by atoms with Gasteiger partial charge >= 0.3 is 5.97 Å². The van der Waals surface area contributed by atoms with Crippen LogP contribution in [0.5, 0.6) is 11.5 Å². The van der Waals surface area contributed by atoms with Crippen molar-refractivity contribution in [3.8, 4) is 11.5 Å². The monoisotopic (exact) mass is 650 g/mol. The van der Waals surface area contributed by atoms with Gasteiger partial charge in [0.1, 0.15) is 0 Å². The third-order valence-electron chi connectivity index (χ3n) is 5.19. The summed E-state index contributed by atoms with van der Waals surface area (Å²) in [5, 5.41) is 11.1. The van der Waals surface area contributed by atoms with Gasteiger partial charge in [0.05, 0.1) is 32.6 Å². The van der Waals surface area contributed by atoms with E-state index in [-0.39, 0.29) is 39.8 Å². The van der Waals surface area contributed by atoms with E-state index >= 15 is 0 Å². The number of nitro benzene ring substituents is 1. The zero-order chi connectivity index (χ0) is 26.7. The SMILES string of the molecule is COc1cc(/C=C2\SC(=O)N(Cc3ccccc3[N+](=O)[O-])C2=O)cc(I)c1OC(=O)c1cccc(Cl)c1. The van der Waals surface area contributed by atoms with Crippen molar-refractivity contribution in [1.82, 2.24) is 4.90 Å². The second-order valence-electron chi connectivity index (χ2n) is 7.59. The number of carbonyl (C=O) groups excluding carboxylic acids is 3. The van der Waals surface area contributed by atoms with Gasteiger partial charge in [0, 0.05) is 16.7 Å². The number of nitrogens with zero attached hydrogens (tertiary/aromatic N) is 2. The van der Waals surface area contributed by atoms with Gasteiger partial charge in [-0.2, -0.15) is 0 Å². The summed E-state index contributed by atoms with van der Waals surface area (Å²) in [6.07, 6.45) is 1.51. The first-order valence-electron chi connectivity index (χ1n) is 10.5. The Morgan fingerprint density at radius 3 is 2.62 bits per heavy atom. The summed E-state index contributed by atoms with van der Waals surface area (Å²) < 4.78 is 11.5. The van der Waals surface area contributed by atoms with Crippen LogP contribution in [0.3, 0.4) is 0 Å². The van der Waals surface area contributed by atoms with Crippen molar-refractivity contribution in [3.05, 3.63) is 101 Å². The number of imide groups is 1. The van der Waals surface area contributed by atoms with Crippen LogP contribution in [0.4, 0.5) is 10.5 Å². The highest BCUT2D eigenvalue weighted by Gasteiger charge is 2.36. The molecule has 0 spiro atoms. The smallest absolute Gasteiger partial charge is 0.343 e. The molecule has 0 saturated carbocycles. The Morgan fingerprint density at radius 2 is 1.92 bits per heavy atom. The lowest BCUT2D eigenvalue weighted by atomic mass is 10.1. The van der Waals surface area contributed by atoms with Gasteiger partial charge in [-0.15, -0.1) is 0 Å². The van der Waals surface area contributed by atoms with Crippen LogP contribution < -0.4 is 9.47 Å². The molecular weight excluding hydrogens is 635 g/mol. The van der Waals surface area contributed by atoms with Crippen LogP contribution in [-0.4, -0.2) is 34.0 Å². The van der Waals surface area contributed by atoms with Crippen LogP contribution in [0.25, 0.3) is 6.08 Å². The van der Waals surface area contributed by atoms with Crippen molar-refractivity contribution in [2.75, 3.05) is 7.11 Å². The molecule has 4 rings (SSSR count). The number of amides is 2. The average Bonchev–Trinajstić information content (AvgIpc) is 3.12. The molecule has 2 amide bonds. The highest BCUT2D eigenvalue weighted by atomic mass is 127. The topological polar surface area (TPSA) is 116 Å². The number of rotatable bonds is 7. The van der Waals surface area contributed by atoms with E-state index in [1.807, 2.05) is 22.6 Å². The molecule has 0 aromatic heterocycles. The second kappa shape index (κ2) is 11.3. The van der Waals surface area contributed by atoms with Gasteiger partial charge in [-0.05, 0) is 76.3 Å². The van der Waals surface area contributed by atoms with Crippen LogP contribution >= 0.6 is 46.0 Å². The molecule has 188 valence electrons. The van der Waals surface area contributed by atoms with Crippen LogP contribution in [0.15, 0.2) is 65.6 Å². The molecule has 12 heteroatoms. The van der Waals surface area contributed by atoms with Gasteiger partial charge in [0.15, 0.2) is 11.5 Å². The number of thioether (sulfide) groups is 1.